The second-order valence-electron chi connectivity index (χ2n) is 6.95. The number of fused-ring (bicyclic) bond motifs is 1. The van der Waals surface area contributed by atoms with E-state index in [2.05, 4.69) is 0 Å². The maximum atomic E-state index is 13.1. The SMILES string of the molecule is O=c1c(O[C@@H]2O[C@H](CO)[C@@H](O)[C@H](O)[C@H]2O)c(-c2ccc(O)cc2)oc2ccccc12. The average molecular weight is 416 g/mol. The molecular weight excluding hydrogens is 396 g/mol. The highest BCUT2D eigenvalue weighted by Gasteiger charge is 2.45. The fourth-order valence-corrected chi connectivity index (χ4v) is 3.32. The predicted molar refractivity (Wildman–Crippen MR) is 104 cm³/mol. The summed E-state index contributed by atoms with van der Waals surface area (Å²) in [5.74, 6) is -0.252. The normalized spacial score (nSPS) is 26.6. The fourth-order valence-electron chi connectivity index (χ4n) is 3.32. The third-order valence-electron chi connectivity index (χ3n) is 4.97. The van der Waals surface area contributed by atoms with Crippen LogP contribution in [0, 0.1) is 0 Å². The summed E-state index contributed by atoms with van der Waals surface area (Å²) in [6, 6.07) is 12.3. The van der Waals surface area contributed by atoms with Crippen LogP contribution in [0.25, 0.3) is 22.3 Å². The van der Waals surface area contributed by atoms with Crippen molar-refractivity contribution in [3.8, 4) is 22.8 Å². The summed E-state index contributed by atoms with van der Waals surface area (Å²) in [6.45, 7) is -0.637. The lowest BCUT2D eigenvalue weighted by Crippen LogP contribution is -2.60. The minimum Gasteiger partial charge on any atom is -0.508 e. The lowest BCUT2D eigenvalue weighted by atomic mass is 9.99. The Morgan fingerprint density at radius 2 is 1.63 bits per heavy atom. The summed E-state index contributed by atoms with van der Waals surface area (Å²) in [4.78, 5) is 13.1. The summed E-state index contributed by atoms with van der Waals surface area (Å²) < 4.78 is 16.9. The zero-order chi connectivity index (χ0) is 21.4. The molecule has 0 radical (unpaired) electrons. The zero-order valence-corrected chi connectivity index (χ0v) is 15.6. The van der Waals surface area contributed by atoms with Crippen LogP contribution in [0.4, 0.5) is 0 Å². The lowest BCUT2D eigenvalue weighted by Gasteiger charge is -2.39. The van der Waals surface area contributed by atoms with Gasteiger partial charge in [-0.25, -0.2) is 0 Å². The Hall–Kier alpha value is -2.95. The smallest absolute Gasteiger partial charge is 0.235 e. The number of phenols is 1. The number of aromatic hydroxyl groups is 1. The van der Waals surface area contributed by atoms with Gasteiger partial charge in [0.2, 0.25) is 17.5 Å². The quantitative estimate of drug-likeness (QED) is 0.406. The van der Waals surface area contributed by atoms with E-state index in [-0.39, 0.29) is 22.6 Å². The van der Waals surface area contributed by atoms with E-state index in [1.54, 1.807) is 24.3 Å². The second kappa shape index (κ2) is 8.05. The maximum Gasteiger partial charge on any atom is 0.235 e. The van der Waals surface area contributed by atoms with Crippen LogP contribution >= 0.6 is 0 Å². The number of aliphatic hydroxyl groups is 4. The third-order valence-corrected chi connectivity index (χ3v) is 4.97. The van der Waals surface area contributed by atoms with Gasteiger partial charge in [0.05, 0.1) is 12.0 Å². The molecule has 3 aromatic rings. The molecule has 9 nitrogen and oxygen atoms in total. The van der Waals surface area contributed by atoms with Crippen molar-refractivity contribution in [2.24, 2.45) is 0 Å². The van der Waals surface area contributed by atoms with Crippen LogP contribution in [-0.2, 0) is 4.74 Å². The molecule has 0 saturated carbocycles. The van der Waals surface area contributed by atoms with Crippen LogP contribution in [0.3, 0.4) is 0 Å². The van der Waals surface area contributed by atoms with Crippen molar-refractivity contribution in [1.29, 1.82) is 0 Å². The number of para-hydroxylation sites is 1. The summed E-state index contributed by atoms with van der Waals surface area (Å²) in [7, 11) is 0. The van der Waals surface area contributed by atoms with Gasteiger partial charge in [0, 0.05) is 5.56 Å². The van der Waals surface area contributed by atoms with Crippen LogP contribution in [0.1, 0.15) is 0 Å². The molecule has 0 unspecified atom stereocenters. The average Bonchev–Trinajstić information content (AvgIpc) is 2.76. The Balaban J connectivity index is 1.83. The molecule has 1 aliphatic rings. The number of benzene rings is 2. The summed E-state index contributed by atoms with van der Waals surface area (Å²) in [5, 5.41) is 49.4. The highest BCUT2D eigenvalue weighted by Crippen LogP contribution is 2.34. The lowest BCUT2D eigenvalue weighted by molar-refractivity contribution is -0.277. The van der Waals surface area contributed by atoms with E-state index < -0.39 is 42.7 Å². The molecule has 5 N–H and O–H groups in total. The Bertz CT molecular complexity index is 1090. The van der Waals surface area contributed by atoms with Crippen molar-refractivity contribution in [2.75, 3.05) is 6.61 Å². The van der Waals surface area contributed by atoms with E-state index in [4.69, 9.17) is 13.9 Å². The van der Waals surface area contributed by atoms with Gasteiger partial charge in [0.15, 0.2) is 5.76 Å². The molecule has 4 rings (SSSR count). The first-order chi connectivity index (χ1) is 14.4. The number of hydrogen-bond acceptors (Lipinski definition) is 9. The first kappa shape index (κ1) is 20.3. The Morgan fingerprint density at radius 3 is 2.33 bits per heavy atom. The number of phenolic OH excluding ortho intramolecular Hbond substituents is 1. The van der Waals surface area contributed by atoms with Gasteiger partial charge in [-0.2, -0.15) is 0 Å². The summed E-state index contributed by atoms with van der Waals surface area (Å²) in [6.07, 6.45) is -7.67. The molecule has 0 bridgehead atoms. The maximum absolute atomic E-state index is 13.1. The van der Waals surface area contributed by atoms with Crippen molar-refractivity contribution in [2.45, 2.75) is 30.7 Å². The molecule has 2 heterocycles. The monoisotopic (exact) mass is 416 g/mol. The van der Waals surface area contributed by atoms with Gasteiger partial charge in [-0.1, -0.05) is 12.1 Å². The van der Waals surface area contributed by atoms with Crippen LogP contribution < -0.4 is 10.2 Å². The topological polar surface area (TPSA) is 150 Å². The molecule has 2 aromatic carbocycles. The van der Waals surface area contributed by atoms with E-state index >= 15 is 0 Å². The van der Waals surface area contributed by atoms with Crippen molar-refractivity contribution < 1.29 is 39.4 Å². The van der Waals surface area contributed by atoms with Gasteiger partial charge in [-0.05, 0) is 36.4 Å². The molecule has 0 amide bonds. The highest BCUT2D eigenvalue weighted by atomic mass is 16.7. The predicted octanol–water partition coefficient (Wildman–Crippen LogP) is 0.344. The van der Waals surface area contributed by atoms with Gasteiger partial charge < -0.3 is 39.4 Å². The van der Waals surface area contributed by atoms with Crippen LogP contribution in [0.5, 0.6) is 11.5 Å². The molecule has 30 heavy (non-hydrogen) atoms. The minimum absolute atomic E-state index is 0.0123. The van der Waals surface area contributed by atoms with E-state index in [9.17, 15) is 30.3 Å². The summed E-state index contributed by atoms with van der Waals surface area (Å²) in [5.41, 5.74) is 0.166. The third kappa shape index (κ3) is 3.53. The number of aliphatic hydroxyl groups excluding tert-OH is 4. The van der Waals surface area contributed by atoms with Gasteiger partial charge in [0.1, 0.15) is 35.7 Å². The molecular formula is C21H20O9. The molecule has 1 fully saturated rings. The number of rotatable bonds is 4. The Kier molecular flexibility index (Phi) is 5.46. The highest BCUT2D eigenvalue weighted by molar-refractivity contribution is 5.82. The Morgan fingerprint density at radius 1 is 0.933 bits per heavy atom. The molecule has 9 heteroatoms. The van der Waals surface area contributed by atoms with Crippen molar-refractivity contribution in [1.82, 2.24) is 0 Å². The number of hydrogen-bond donors (Lipinski definition) is 5. The van der Waals surface area contributed by atoms with Gasteiger partial charge >= 0.3 is 0 Å². The molecule has 0 aliphatic carbocycles. The van der Waals surface area contributed by atoms with Crippen molar-refractivity contribution in [3.63, 3.8) is 0 Å². The van der Waals surface area contributed by atoms with E-state index in [0.717, 1.165) is 0 Å². The first-order valence-corrected chi connectivity index (χ1v) is 9.23. The fraction of sp³-hybridized carbons (Fsp3) is 0.286. The van der Waals surface area contributed by atoms with Crippen molar-refractivity contribution in [3.05, 3.63) is 58.8 Å². The minimum atomic E-state index is -1.69. The van der Waals surface area contributed by atoms with Crippen molar-refractivity contribution >= 4 is 11.0 Å². The zero-order valence-electron chi connectivity index (χ0n) is 15.6. The first-order valence-electron chi connectivity index (χ1n) is 9.23. The summed E-state index contributed by atoms with van der Waals surface area (Å²) >= 11 is 0. The second-order valence-corrected chi connectivity index (χ2v) is 6.95. The molecule has 0 spiro atoms. The molecule has 5 atom stereocenters. The van der Waals surface area contributed by atoms with Crippen LogP contribution in [0.2, 0.25) is 0 Å². The largest absolute Gasteiger partial charge is 0.508 e. The van der Waals surface area contributed by atoms with Gasteiger partial charge in [-0.3, -0.25) is 4.79 Å². The van der Waals surface area contributed by atoms with E-state index in [1.807, 2.05) is 0 Å². The van der Waals surface area contributed by atoms with Gasteiger partial charge in [0.25, 0.3) is 0 Å². The molecule has 158 valence electrons. The van der Waals surface area contributed by atoms with E-state index in [1.165, 1.54) is 24.3 Å². The van der Waals surface area contributed by atoms with Gasteiger partial charge in [-0.15, -0.1) is 0 Å². The van der Waals surface area contributed by atoms with E-state index in [0.29, 0.717) is 11.1 Å². The van der Waals surface area contributed by atoms with Crippen LogP contribution in [-0.4, -0.2) is 62.8 Å². The molecule has 1 aromatic heterocycles. The molecule has 1 saturated heterocycles. The number of ether oxygens (including phenoxy) is 2. The Labute approximate surface area is 170 Å². The van der Waals surface area contributed by atoms with Crippen LogP contribution in [0.15, 0.2) is 57.7 Å². The molecule has 1 aliphatic heterocycles. The standard InChI is InChI=1S/C21H20O9/c22-9-14-16(25)17(26)18(27)21(29-14)30-20-15(24)12-3-1-2-4-13(12)28-19(20)10-5-7-11(23)8-6-10/h1-8,14,16-18,21-23,25-27H,9H2/t14-,16-,17+,18-,21+/m1/s1.